The van der Waals surface area contributed by atoms with Crippen molar-refractivity contribution in [3.05, 3.63) is 29.8 Å². The number of nitrogens with one attached hydrogen (secondary N) is 2. The first-order valence-electron chi connectivity index (χ1n) is 8.83. The fourth-order valence-corrected chi connectivity index (χ4v) is 2.09. The van der Waals surface area contributed by atoms with Crippen LogP contribution in [0.1, 0.15) is 32.3 Å². The van der Waals surface area contributed by atoms with Crippen molar-refractivity contribution in [2.75, 3.05) is 32.9 Å². The molecular weight excluding hydrogens is 347 g/mol. The molecule has 0 unspecified atom stereocenters. The summed E-state index contributed by atoms with van der Waals surface area (Å²) in [4.78, 5) is 4.45. The molecule has 0 bridgehead atoms. The second-order valence-corrected chi connectivity index (χ2v) is 5.58. The Bertz CT molecular complexity index is 537. The molecule has 0 aliphatic heterocycles. The Morgan fingerprint density at radius 2 is 1.96 bits per heavy atom. The van der Waals surface area contributed by atoms with Crippen LogP contribution in [0.3, 0.4) is 0 Å². The first kappa shape index (κ1) is 22.1. The summed E-state index contributed by atoms with van der Waals surface area (Å²) in [5.74, 6) is 0.856. The molecule has 2 N–H and O–H groups in total. The summed E-state index contributed by atoms with van der Waals surface area (Å²) < 4.78 is 46.7. The summed E-state index contributed by atoms with van der Waals surface area (Å²) in [6.07, 6.45) is -2.41. The minimum atomic E-state index is -4.35. The quantitative estimate of drug-likeness (QED) is 0.353. The molecule has 5 nitrogen and oxygen atoms in total. The summed E-state index contributed by atoms with van der Waals surface area (Å²) in [5.41, 5.74) is 0.776. The van der Waals surface area contributed by atoms with E-state index in [4.69, 9.17) is 9.47 Å². The Kier molecular flexibility index (Phi) is 10.5. The number of unbranched alkanes of at least 4 members (excludes halogenated alkanes) is 1. The third-order valence-corrected chi connectivity index (χ3v) is 3.28. The molecule has 0 atom stereocenters. The van der Waals surface area contributed by atoms with Crippen molar-refractivity contribution in [1.82, 2.24) is 10.6 Å². The average Bonchev–Trinajstić information content (AvgIpc) is 2.60. The molecule has 1 rings (SSSR count). The van der Waals surface area contributed by atoms with Crippen LogP contribution < -0.4 is 15.4 Å². The molecule has 0 aliphatic rings. The number of ether oxygens (including phenoxy) is 2. The Labute approximate surface area is 153 Å². The van der Waals surface area contributed by atoms with Gasteiger partial charge in [0, 0.05) is 26.3 Å². The Morgan fingerprint density at radius 1 is 1.15 bits per heavy atom. The van der Waals surface area contributed by atoms with Gasteiger partial charge in [-0.25, -0.2) is 4.99 Å². The Morgan fingerprint density at radius 3 is 2.65 bits per heavy atom. The predicted octanol–water partition coefficient (Wildman–Crippen LogP) is 3.50. The largest absolute Gasteiger partial charge is 0.484 e. The highest BCUT2D eigenvalue weighted by atomic mass is 19.4. The van der Waals surface area contributed by atoms with Gasteiger partial charge in [0.05, 0.1) is 6.54 Å². The molecule has 0 saturated carbocycles. The van der Waals surface area contributed by atoms with Crippen molar-refractivity contribution < 1.29 is 22.6 Å². The van der Waals surface area contributed by atoms with Crippen molar-refractivity contribution in [2.24, 2.45) is 4.99 Å². The van der Waals surface area contributed by atoms with E-state index >= 15 is 0 Å². The maximum atomic E-state index is 12.2. The molecule has 0 amide bonds. The molecule has 26 heavy (non-hydrogen) atoms. The van der Waals surface area contributed by atoms with E-state index in [1.807, 2.05) is 13.8 Å². The lowest BCUT2D eigenvalue weighted by molar-refractivity contribution is -0.153. The second kappa shape index (κ2) is 12.4. The molecule has 148 valence electrons. The van der Waals surface area contributed by atoms with Gasteiger partial charge in [-0.05, 0) is 44.4 Å². The lowest BCUT2D eigenvalue weighted by atomic mass is 10.2. The van der Waals surface area contributed by atoms with E-state index in [0.717, 1.165) is 44.7 Å². The van der Waals surface area contributed by atoms with Gasteiger partial charge in [-0.1, -0.05) is 12.1 Å². The average molecular weight is 375 g/mol. The highest BCUT2D eigenvalue weighted by Gasteiger charge is 2.28. The van der Waals surface area contributed by atoms with Crippen molar-refractivity contribution >= 4 is 5.96 Å². The van der Waals surface area contributed by atoms with Gasteiger partial charge in [0.25, 0.3) is 0 Å². The normalized spacial score (nSPS) is 12.1. The van der Waals surface area contributed by atoms with Crippen LogP contribution in [0.25, 0.3) is 0 Å². The number of benzene rings is 1. The third kappa shape index (κ3) is 10.8. The van der Waals surface area contributed by atoms with Gasteiger partial charge < -0.3 is 20.1 Å². The van der Waals surface area contributed by atoms with Crippen LogP contribution in [-0.2, 0) is 11.3 Å². The molecule has 0 spiro atoms. The van der Waals surface area contributed by atoms with Crippen molar-refractivity contribution in [3.63, 3.8) is 0 Å². The number of halogens is 3. The maximum Gasteiger partial charge on any atom is 0.422 e. The fraction of sp³-hybridized carbons (Fsp3) is 0.611. The smallest absolute Gasteiger partial charge is 0.422 e. The first-order valence-corrected chi connectivity index (χ1v) is 8.83. The van der Waals surface area contributed by atoms with Gasteiger partial charge in [0.1, 0.15) is 5.75 Å². The lowest BCUT2D eigenvalue weighted by Crippen LogP contribution is -2.37. The van der Waals surface area contributed by atoms with E-state index in [0.29, 0.717) is 12.5 Å². The summed E-state index contributed by atoms with van der Waals surface area (Å²) in [7, 11) is 0. The summed E-state index contributed by atoms with van der Waals surface area (Å²) in [6.45, 7) is 5.95. The van der Waals surface area contributed by atoms with E-state index in [1.54, 1.807) is 18.2 Å². The molecule has 8 heteroatoms. The van der Waals surface area contributed by atoms with Crippen LogP contribution >= 0.6 is 0 Å². The fourth-order valence-electron chi connectivity index (χ4n) is 2.09. The monoisotopic (exact) mass is 375 g/mol. The highest BCUT2D eigenvalue weighted by molar-refractivity contribution is 5.79. The SMILES string of the molecule is CCNC(=NCc1cccc(OCC(F)(F)F)c1)NCCCCOCC. The Hall–Kier alpha value is -1.96. The van der Waals surface area contributed by atoms with E-state index in [-0.39, 0.29) is 5.75 Å². The molecule has 0 saturated heterocycles. The molecule has 1 aromatic carbocycles. The van der Waals surface area contributed by atoms with Crippen LogP contribution in [0.2, 0.25) is 0 Å². The van der Waals surface area contributed by atoms with E-state index in [2.05, 4.69) is 15.6 Å². The van der Waals surface area contributed by atoms with Gasteiger partial charge in [0.15, 0.2) is 12.6 Å². The zero-order chi connectivity index (χ0) is 19.3. The number of aliphatic imine (C=N–C) groups is 1. The number of hydrogen-bond acceptors (Lipinski definition) is 3. The maximum absolute atomic E-state index is 12.2. The number of nitrogens with zero attached hydrogens (tertiary/aromatic N) is 1. The molecule has 0 aliphatic carbocycles. The minimum absolute atomic E-state index is 0.184. The second-order valence-electron chi connectivity index (χ2n) is 5.58. The van der Waals surface area contributed by atoms with Gasteiger partial charge in [-0.3, -0.25) is 0 Å². The number of hydrogen-bond donors (Lipinski definition) is 2. The number of rotatable bonds is 11. The van der Waals surface area contributed by atoms with E-state index < -0.39 is 12.8 Å². The van der Waals surface area contributed by atoms with Crippen molar-refractivity contribution in [3.8, 4) is 5.75 Å². The van der Waals surface area contributed by atoms with Gasteiger partial charge in [-0.2, -0.15) is 13.2 Å². The topological polar surface area (TPSA) is 54.9 Å². The number of alkyl halides is 3. The minimum Gasteiger partial charge on any atom is -0.484 e. The van der Waals surface area contributed by atoms with E-state index in [9.17, 15) is 13.2 Å². The molecule has 0 aromatic heterocycles. The van der Waals surface area contributed by atoms with Crippen LogP contribution in [0.15, 0.2) is 29.3 Å². The number of guanidine groups is 1. The zero-order valence-electron chi connectivity index (χ0n) is 15.4. The molecule has 0 fully saturated rings. The van der Waals surface area contributed by atoms with E-state index in [1.165, 1.54) is 6.07 Å². The van der Waals surface area contributed by atoms with Crippen molar-refractivity contribution in [1.29, 1.82) is 0 Å². The van der Waals surface area contributed by atoms with Crippen molar-refractivity contribution in [2.45, 2.75) is 39.4 Å². The third-order valence-electron chi connectivity index (χ3n) is 3.28. The zero-order valence-corrected chi connectivity index (χ0v) is 15.4. The first-order chi connectivity index (χ1) is 12.4. The molecular formula is C18H28F3N3O2. The summed E-state index contributed by atoms with van der Waals surface area (Å²) >= 11 is 0. The standard InChI is InChI=1S/C18H28F3N3O2/c1-3-22-17(23-10-5-6-11-25-4-2)24-13-15-8-7-9-16(12-15)26-14-18(19,20)21/h7-9,12H,3-6,10-11,13-14H2,1-2H3,(H2,22,23,24). The lowest BCUT2D eigenvalue weighted by Gasteiger charge is -2.12. The summed E-state index contributed by atoms with van der Waals surface area (Å²) in [6, 6.07) is 6.53. The molecule has 1 aromatic rings. The van der Waals surface area contributed by atoms with Crippen LogP contribution in [0.5, 0.6) is 5.75 Å². The van der Waals surface area contributed by atoms with Gasteiger partial charge in [0.2, 0.25) is 0 Å². The highest BCUT2D eigenvalue weighted by Crippen LogP contribution is 2.19. The molecule has 0 heterocycles. The van der Waals surface area contributed by atoms with Gasteiger partial charge >= 0.3 is 6.18 Å². The van der Waals surface area contributed by atoms with Crippen LogP contribution in [0, 0.1) is 0 Å². The Balaban J connectivity index is 2.49. The van der Waals surface area contributed by atoms with Gasteiger partial charge in [-0.15, -0.1) is 0 Å². The van der Waals surface area contributed by atoms with Crippen LogP contribution in [0.4, 0.5) is 13.2 Å². The molecule has 0 radical (unpaired) electrons. The summed E-state index contributed by atoms with van der Waals surface area (Å²) in [5, 5.41) is 6.37. The van der Waals surface area contributed by atoms with Crippen LogP contribution in [-0.4, -0.2) is 45.0 Å². The predicted molar refractivity (Wildman–Crippen MR) is 96.5 cm³/mol.